The summed E-state index contributed by atoms with van der Waals surface area (Å²) in [4.78, 5) is 42.4. The summed E-state index contributed by atoms with van der Waals surface area (Å²) in [5.41, 5.74) is 9.23. The molecule has 0 spiro atoms. The van der Waals surface area contributed by atoms with Crippen LogP contribution in [0, 0.1) is 0 Å². The molecule has 2 aromatic rings. The van der Waals surface area contributed by atoms with E-state index in [-0.39, 0.29) is 18.2 Å². The molecule has 4 rings (SSSR count). The molecule has 156 valence electrons. The first kappa shape index (κ1) is 20.0. The highest BCUT2D eigenvalue weighted by Crippen LogP contribution is 2.28. The summed E-state index contributed by atoms with van der Waals surface area (Å²) in [7, 11) is 0. The van der Waals surface area contributed by atoms with E-state index < -0.39 is 11.9 Å². The third kappa shape index (κ3) is 4.18. The summed E-state index contributed by atoms with van der Waals surface area (Å²) in [5, 5.41) is 5.63. The molecular formula is C22H25N5O3. The maximum atomic E-state index is 12.9. The van der Waals surface area contributed by atoms with Crippen molar-refractivity contribution in [3.05, 3.63) is 58.8 Å². The zero-order chi connectivity index (χ0) is 21.1. The molecule has 8 heteroatoms. The molecule has 0 aliphatic carbocycles. The van der Waals surface area contributed by atoms with Crippen LogP contribution in [0.3, 0.4) is 0 Å². The van der Waals surface area contributed by atoms with E-state index in [1.807, 2.05) is 30.3 Å². The van der Waals surface area contributed by atoms with E-state index in [0.29, 0.717) is 31.6 Å². The van der Waals surface area contributed by atoms with Crippen molar-refractivity contribution in [1.82, 2.24) is 15.2 Å². The lowest BCUT2D eigenvalue weighted by atomic mass is 10.0. The highest BCUT2D eigenvalue weighted by molar-refractivity contribution is 6.05. The van der Waals surface area contributed by atoms with Gasteiger partial charge in [0.2, 0.25) is 11.8 Å². The van der Waals surface area contributed by atoms with Crippen LogP contribution in [0.5, 0.6) is 0 Å². The van der Waals surface area contributed by atoms with Gasteiger partial charge in [0.25, 0.3) is 5.91 Å². The Morgan fingerprint density at radius 2 is 2.03 bits per heavy atom. The van der Waals surface area contributed by atoms with Crippen LogP contribution >= 0.6 is 0 Å². The molecule has 0 radical (unpaired) electrons. The highest BCUT2D eigenvalue weighted by Gasteiger charge is 2.39. The topological polar surface area (TPSA) is 117 Å². The first-order valence-electron chi connectivity index (χ1n) is 10.2. The predicted molar refractivity (Wildman–Crippen MR) is 111 cm³/mol. The van der Waals surface area contributed by atoms with Crippen molar-refractivity contribution in [3.63, 3.8) is 0 Å². The molecule has 30 heavy (non-hydrogen) atoms. The molecule has 1 fully saturated rings. The number of imide groups is 1. The largest absolute Gasteiger partial charge is 0.366 e. The lowest BCUT2D eigenvalue weighted by Crippen LogP contribution is -2.52. The molecule has 3 amide bonds. The second-order valence-corrected chi connectivity index (χ2v) is 7.69. The van der Waals surface area contributed by atoms with E-state index >= 15 is 0 Å². The van der Waals surface area contributed by atoms with Gasteiger partial charge < -0.3 is 16.0 Å². The van der Waals surface area contributed by atoms with Gasteiger partial charge in [-0.3, -0.25) is 19.7 Å². The fourth-order valence-electron chi connectivity index (χ4n) is 3.94. The van der Waals surface area contributed by atoms with Crippen molar-refractivity contribution in [3.8, 4) is 0 Å². The second-order valence-electron chi connectivity index (χ2n) is 7.69. The fraction of sp³-hybridized carbons (Fsp3) is 0.364. The number of piperidine rings is 1. The summed E-state index contributed by atoms with van der Waals surface area (Å²) in [6, 6.07) is 9.18. The summed E-state index contributed by atoms with van der Waals surface area (Å²) in [5.74, 6) is -0.0610. The Balaban J connectivity index is 1.42. The standard InChI is InChI=1S/C22H25N5O3/c23-8-1-2-14-7-9-24-19(11-14)25-12-15-3-4-16-13-27(22(30)17(16)10-15)18-5-6-20(28)26-21(18)29/h3-4,7,9-11,18H,1-2,5-6,8,12-13,23H2,(H,24,25)(H,26,28,29). The van der Waals surface area contributed by atoms with Gasteiger partial charge in [-0.1, -0.05) is 12.1 Å². The first-order chi connectivity index (χ1) is 14.5. The number of anilines is 1. The molecule has 0 bridgehead atoms. The van der Waals surface area contributed by atoms with Crippen molar-refractivity contribution in [2.24, 2.45) is 5.73 Å². The van der Waals surface area contributed by atoms with Gasteiger partial charge in [-0.05, 0) is 60.7 Å². The third-order valence-electron chi connectivity index (χ3n) is 5.56. The van der Waals surface area contributed by atoms with Gasteiger partial charge in [-0.15, -0.1) is 0 Å². The highest BCUT2D eigenvalue weighted by atomic mass is 16.2. The van der Waals surface area contributed by atoms with Crippen LogP contribution in [0.25, 0.3) is 0 Å². The van der Waals surface area contributed by atoms with E-state index in [0.717, 1.165) is 29.8 Å². The molecule has 1 atom stereocenters. The van der Waals surface area contributed by atoms with Gasteiger partial charge in [0, 0.05) is 31.3 Å². The van der Waals surface area contributed by atoms with Crippen LogP contribution in [0.1, 0.15) is 46.3 Å². The van der Waals surface area contributed by atoms with Crippen molar-refractivity contribution >= 4 is 23.5 Å². The summed E-state index contributed by atoms with van der Waals surface area (Å²) >= 11 is 0. The van der Waals surface area contributed by atoms with Crippen LogP contribution < -0.4 is 16.4 Å². The molecule has 0 saturated carbocycles. The minimum Gasteiger partial charge on any atom is -0.366 e. The second kappa shape index (κ2) is 8.62. The average molecular weight is 407 g/mol. The number of nitrogens with zero attached hydrogens (tertiary/aromatic N) is 2. The molecule has 1 aromatic heterocycles. The number of aryl methyl sites for hydroxylation is 1. The average Bonchev–Trinajstić information content (AvgIpc) is 3.07. The van der Waals surface area contributed by atoms with Crippen LogP contribution in [-0.4, -0.2) is 40.2 Å². The van der Waals surface area contributed by atoms with E-state index in [1.54, 1.807) is 11.1 Å². The zero-order valence-corrected chi connectivity index (χ0v) is 16.7. The Morgan fingerprint density at radius 1 is 1.17 bits per heavy atom. The fourth-order valence-corrected chi connectivity index (χ4v) is 3.94. The van der Waals surface area contributed by atoms with E-state index in [1.165, 1.54) is 5.56 Å². The Morgan fingerprint density at radius 3 is 2.83 bits per heavy atom. The number of amides is 3. The molecule has 1 saturated heterocycles. The maximum absolute atomic E-state index is 12.9. The Kier molecular flexibility index (Phi) is 5.76. The number of pyridine rings is 1. The van der Waals surface area contributed by atoms with Gasteiger partial charge in [0.15, 0.2) is 0 Å². The van der Waals surface area contributed by atoms with Crippen molar-refractivity contribution in [2.75, 3.05) is 11.9 Å². The third-order valence-corrected chi connectivity index (χ3v) is 5.56. The Bertz CT molecular complexity index is 990. The quantitative estimate of drug-likeness (QED) is 0.597. The number of nitrogens with one attached hydrogen (secondary N) is 2. The maximum Gasteiger partial charge on any atom is 0.255 e. The number of benzene rings is 1. The number of aromatic nitrogens is 1. The van der Waals surface area contributed by atoms with E-state index in [2.05, 4.69) is 15.6 Å². The van der Waals surface area contributed by atoms with Crippen molar-refractivity contribution in [2.45, 2.75) is 44.8 Å². The molecule has 8 nitrogen and oxygen atoms in total. The number of hydrogen-bond acceptors (Lipinski definition) is 6. The van der Waals surface area contributed by atoms with Crippen LogP contribution in [0.15, 0.2) is 36.5 Å². The minimum absolute atomic E-state index is 0.164. The SMILES string of the molecule is NCCCc1ccnc(NCc2ccc3c(c2)C(=O)N(C2CCC(=O)NC2=O)C3)c1. The predicted octanol–water partition coefficient (Wildman–Crippen LogP) is 1.35. The monoisotopic (exact) mass is 407 g/mol. The minimum atomic E-state index is -0.593. The molecule has 1 unspecified atom stereocenters. The Labute approximate surface area is 174 Å². The number of carbonyl (C=O) groups is 3. The van der Waals surface area contributed by atoms with Crippen molar-refractivity contribution in [1.29, 1.82) is 0 Å². The van der Waals surface area contributed by atoms with Gasteiger partial charge in [0.1, 0.15) is 11.9 Å². The number of rotatable bonds is 7. The van der Waals surface area contributed by atoms with Crippen LogP contribution in [0.4, 0.5) is 5.82 Å². The van der Waals surface area contributed by atoms with Crippen LogP contribution in [0.2, 0.25) is 0 Å². The molecule has 4 N–H and O–H groups in total. The molecular weight excluding hydrogens is 382 g/mol. The lowest BCUT2D eigenvalue weighted by Gasteiger charge is -2.29. The smallest absolute Gasteiger partial charge is 0.255 e. The normalized spacial score (nSPS) is 18.4. The molecule has 1 aromatic carbocycles. The molecule has 2 aliphatic heterocycles. The van der Waals surface area contributed by atoms with Gasteiger partial charge in [-0.2, -0.15) is 0 Å². The van der Waals surface area contributed by atoms with Gasteiger partial charge in [-0.25, -0.2) is 4.98 Å². The first-order valence-corrected chi connectivity index (χ1v) is 10.2. The van der Waals surface area contributed by atoms with Gasteiger partial charge in [0.05, 0.1) is 0 Å². The van der Waals surface area contributed by atoms with E-state index in [9.17, 15) is 14.4 Å². The zero-order valence-electron chi connectivity index (χ0n) is 16.7. The number of nitrogens with two attached hydrogens (primary N) is 1. The van der Waals surface area contributed by atoms with Gasteiger partial charge >= 0.3 is 0 Å². The summed E-state index contributed by atoms with van der Waals surface area (Å²) < 4.78 is 0. The van der Waals surface area contributed by atoms with Crippen molar-refractivity contribution < 1.29 is 14.4 Å². The Hall–Kier alpha value is -3.26. The summed E-state index contributed by atoms with van der Waals surface area (Å²) in [6.07, 6.45) is 4.24. The number of fused-ring (bicyclic) bond motifs is 1. The molecule has 3 heterocycles. The molecule has 2 aliphatic rings. The van der Waals surface area contributed by atoms with Crippen LogP contribution in [-0.2, 0) is 29.1 Å². The number of hydrogen-bond donors (Lipinski definition) is 3. The number of carbonyl (C=O) groups excluding carboxylic acids is 3. The lowest BCUT2D eigenvalue weighted by molar-refractivity contribution is -0.136. The summed E-state index contributed by atoms with van der Waals surface area (Å²) in [6.45, 7) is 1.58. The van der Waals surface area contributed by atoms with E-state index in [4.69, 9.17) is 5.73 Å².